The molecule has 9 nitrogen and oxygen atoms in total. The standard InChI is InChI=1S/C23H27N7O2/c1-15-13-29(17-8-4-5-9-18(17)31-2)12-11-28(15)14-20-25-22-16-7-6-10-19(32-3)21(16)26-23(24)30(22)27-20/h4-10,15H,11-14H2,1-3H3,(H2,24,26)/t15-/m1/s1. The zero-order chi connectivity index (χ0) is 22.2. The zero-order valence-corrected chi connectivity index (χ0v) is 18.5. The molecular formula is C23H27N7O2. The summed E-state index contributed by atoms with van der Waals surface area (Å²) in [6.45, 7) is 5.58. The van der Waals surface area contributed by atoms with E-state index in [9.17, 15) is 0 Å². The molecule has 5 rings (SSSR count). The van der Waals surface area contributed by atoms with Crippen molar-refractivity contribution in [1.29, 1.82) is 0 Å². The van der Waals surface area contributed by atoms with E-state index in [1.807, 2.05) is 36.4 Å². The van der Waals surface area contributed by atoms with Crippen LogP contribution in [0, 0.1) is 0 Å². The van der Waals surface area contributed by atoms with E-state index in [0.717, 1.165) is 42.3 Å². The Labute approximate surface area is 186 Å². The van der Waals surface area contributed by atoms with Gasteiger partial charge in [-0.05, 0) is 31.2 Å². The monoisotopic (exact) mass is 433 g/mol. The molecule has 1 aliphatic rings. The van der Waals surface area contributed by atoms with Crippen molar-refractivity contribution in [3.05, 3.63) is 48.3 Å². The molecular weight excluding hydrogens is 406 g/mol. The number of rotatable bonds is 5. The molecule has 2 N–H and O–H groups in total. The Morgan fingerprint density at radius 2 is 1.78 bits per heavy atom. The van der Waals surface area contributed by atoms with Crippen LogP contribution in [-0.4, -0.2) is 64.4 Å². The number of anilines is 2. The Kier molecular flexibility index (Phi) is 5.18. The van der Waals surface area contributed by atoms with E-state index in [4.69, 9.17) is 20.2 Å². The van der Waals surface area contributed by atoms with Crippen LogP contribution in [-0.2, 0) is 6.54 Å². The number of nitrogens with two attached hydrogens (primary N) is 1. The quantitative estimate of drug-likeness (QED) is 0.513. The van der Waals surface area contributed by atoms with Crippen LogP contribution in [0.1, 0.15) is 12.7 Å². The predicted octanol–water partition coefficient (Wildman–Crippen LogP) is 2.59. The summed E-state index contributed by atoms with van der Waals surface area (Å²) in [6.07, 6.45) is 0. The highest BCUT2D eigenvalue weighted by molar-refractivity contribution is 5.95. The average Bonchev–Trinajstić information content (AvgIpc) is 3.25. The first-order valence-electron chi connectivity index (χ1n) is 10.7. The fourth-order valence-electron chi connectivity index (χ4n) is 4.42. The highest BCUT2D eigenvalue weighted by atomic mass is 16.5. The van der Waals surface area contributed by atoms with Gasteiger partial charge in [0.05, 0.1) is 26.5 Å². The number of hydrogen-bond donors (Lipinski definition) is 1. The molecule has 3 heterocycles. The van der Waals surface area contributed by atoms with Gasteiger partial charge in [-0.25, -0.2) is 9.97 Å². The van der Waals surface area contributed by atoms with Gasteiger partial charge in [-0.1, -0.05) is 18.2 Å². The van der Waals surface area contributed by atoms with E-state index in [-0.39, 0.29) is 0 Å². The van der Waals surface area contributed by atoms with E-state index in [1.165, 1.54) is 0 Å². The van der Waals surface area contributed by atoms with Crippen LogP contribution in [0.2, 0.25) is 0 Å². The molecule has 0 bridgehead atoms. The molecule has 166 valence electrons. The van der Waals surface area contributed by atoms with Gasteiger partial charge in [0.1, 0.15) is 17.0 Å². The molecule has 1 aliphatic heterocycles. The van der Waals surface area contributed by atoms with Gasteiger partial charge in [0.2, 0.25) is 5.95 Å². The third-order valence-corrected chi connectivity index (χ3v) is 6.09. The van der Waals surface area contributed by atoms with E-state index in [1.54, 1.807) is 18.7 Å². The lowest BCUT2D eigenvalue weighted by atomic mass is 10.1. The van der Waals surface area contributed by atoms with Crippen LogP contribution < -0.4 is 20.1 Å². The van der Waals surface area contributed by atoms with Gasteiger partial charge in [0, 0.05) is 31.1 Å². The van der Waals surface area contributed by atoms with Crippen molar-refractivity contribution in [2.24, 2.45) is 0 Å². The first kappa shape index (κ1) is 20.3. The van der Waals surface area contributed by atoms with Gasteiger partial charge in [-0.3, -0.25) is 4.90 Å². The minimum Gasteiger partial charge on any atom is -0.495 e. The molecule has 0 aliphatic carbocycles. The van der Waals surface area contributed by atoms with Crippen molar-refractivity contribution >= 4 is 28.2 Å². The van der Waals surface area contributed by atoms with Crippen molar-refractivity contribution in [3.8, 4) is 11.5 Å². The summed E-state index contributed by atoms with van der Waals surface area (Å²) >= 11 is 0. The van der Waals surface area contributed by atoms with Crippen molar-refractivity contribution in [1.82, 2.24) is 24.5 Å². The SMILES string of the molecule is COc1ccccc1N1CCN(Cc2nc3c4cccc(OC)c4nc(N)n3n2)[C@H](C)C1. The molecule has 0 amide bonds. The number of fused-ring (bicyclic) bond motifs is 3. The maximum Gasteiger partial charge on any atom is 0.223 e. The fourth-order valence-corrected chi connectivity index (χ4v) is 4.42. The molecule has 0 radical (unpaired) electrons. The number of nitrogen functional groups attached to an aromatic ring is 1. The molecule has 2 aromatic carbocycles. The lowest BCUT2D eigenvalue weighted by molar-refractivity contribution is 0.176. The van der Waals surface area contributed by atoms with Gasteiger partial charge in [0.15, 0.2) is 11.5 Å². The topological polar surface area (TPSA) is 94.0 Å². The van der Waals surface area contributed by atoms with E-state index >= 15 is 0 Å². The Hall–Kier alpha value is -3.59. The highest BCUT2D eigenvalue weighted by Crippen LogP contribution is 2.30. The normalized spacial score (nSPS) is 17.2. The number of methoxy groups -OCH3 is 2. The van der Waals surface area contributed by atoms with Gasteiger partial charge < -0.3 is 20.1 Å². The zero-order valence-electron chi connectivity index (χ0n) is 18.5. The number of benzene rings is 2. The number of piperazine rings is 1. The lowest BCUT2D eigenvalue weighted by Crippen LogP contribution is -2.51. The Balaban J connectivity index is 1.39. The second kappa shape index (κ2) is 8.16. The molecule has 0 saturated carbocycles. The Bertz CT molecular complexity index is 1270. The number of ether oxygens (including phenoxy) is 2. The molecule has 4 aromatic rings. The van der Waals surface area contributed by atoms with Crippen LogP contribution in [0.4, 0.5) is 11.6 Å². The largest absolute Gasteiger partial charge is 0.495 e. The molecule has 1 saturated heterocycles. The molecule has 1 fully saturated rings. The summed E-state index contributed by atoms with van der Waals surface area (Å²) in [7, 11) is 3.34. The van der Waals surface area contributed by atoms with Crippen LogP contribution >= 0.6 is 0 Å². The smallest absolute Gasteiger partial charge is 0.223 e. The third kappa shape index (κ3) is 3.44. The average molecular weight is 434 g/mol. The molecule has 0 spiro atoms. The molecule has 1 atom stereocenters. The van der Waals surface area contributed by atoms with Gasteiger partial charge in [-0.15, -0.1) is 5.10 Å². The summed E-state index contributed by atoms with van der Waals surface area (Å²) in [6, 6.07) is 14.2. The molecule has 2 aromatic heterocycles. The minimum absolute atomic E-state index is 0.296. The Morgan fingerprint density at radius 3 is 2.56 bits per heavy atom. The van der Waals surface area contributed by atoms with Crippen LogP contribution in [0.3, 0.4) is 0 Å². The van der Waals surface area contributed by atoms with Crippen molar-refractivity contribution in [3.63, 3.8) is 0 Å². The van der Waals surface area contributed by atoms with Crippen LogP contribution in [0.15, 0.2) is 42.5 Å². The predicted molar refractivity (Wildman–Crippen MR) is 124 cm³/mol. The summed E-state index contributed by atoms with van der Waals surface area (Å²) in [5.74, 6) is 2.60. The van der Waals surface area contributed by atoms with Crippen molar-refractivity contribution in [2.45, 2.75) is 19.5 Å². The van der Waals surface area contributed by atoms with E-state index < -0.39 is 0 Å². The third-order valence-electron chi connectivity index (χ3n) is 6.09. The van der Waals surface area contributed by atoms with Crippen LogP contribution in [0.5, 0.6) is 11.5 Å². The lowest BCUT2D eigenvalue weighted by Gasteiger charge is -2.40. The first-order valence-corrected chi connectivity index (χ1v) is 10.7. The molecule has 9 heteroatoms. The fraction of sp³-hybridized carbons (Fsp3) is 0.348. The van der Waals surface area contributed by atoms with Gasteiger partial charge in [0.25, 0.3) is 0 Å². The maximum absolute atomic E-state index is 6.19. The maximum atomic E-state index is 6.19. The molecule has 0 unspecified atom stereocenters. The summed E-state index contributed by atoms with van der Waals surface area (Å²) < 4.78 is 12.6. The summed E-state index contributed by atoms with van der Waals surface area (Å²) in [5.41, 5.74) is 8.71. The number of hydrogen-bond acceptors (Lipinski definition) is 8. The Morgan fingerprint density at radius 1 is 1.00 bits per heavy atom. The number of aromatic nitrogens is 4. The number of nitrogens with zero attached hydrogens (tertiary/aromatic N) is 6. The first-order chi connectivity index (χ1) is 15.6. The second-order valence-corrected chi connectivity index (χ2v) is 8.03. The summed E-state index contributed by atoms with van der Waals surface area (Å²) in [5, 5.41) is 5.52. The minimum atomic E-state index is 0.296. The van der Waals surface area contributed by atoms with Crippen LogP contribution in [0.25, 0.3) is 16.6 Å². The van der Waals surface area contributed by atoms with Crippen molar-refractivity contribution in [2.75, 3.05) is 44.5 Å². The number of para-hydroxylation sites is 3. The second-order valence-electron chi connectivity index (χ2n) is 8.03. The highest BCUT2D eigenvalue weighted by Gasteiger charge is 2.26. The summed E-state index contributed by atoms with van der Waals surface area (Å²) in [4.78, 5) is 14.1. The van der Waals surface area contributed by atoms with Crippen molar-refractivity contribution < 1.29 is 9.47 Å². The van der Waals surface area contributed by atoms with E-state index in [0.29, 0.717) is 35.4 Å². The van der Waals surface area contributed by atoms with E-state index in [2.05, 4.69) is 32.9 Å². The van der Waals surface area contributed by atoms with Gasteiger partial charge >= 0.3 is 0 Å². The van der Waals surface area contributed by atoms with Gasteiger partial charge in [-0.2, -0.15) is 4.52 Å². The molecule has 32 heavy (non-hydrogen) atoms.